The smallest absolute Gasteiger partial charge is 0.337 e. The number of ether oxygens (including phenoxy) is 2. The van der Waals surface area contributed by atoms with E-state index in [-0.39, 0.29) is 11.8 Å². The van der Waals surface area contributed by atoms with E-state index in [4.69, 9.17) is 9.47 Å². The number of carbonyl (C=O) groups excluding carboxylic acids is 1. The molecule has 0 spiro atoms. The minimum atomic E-state index is -0.934. The fraction of sp³-hybridized carbons (Fsp3) is 0.353. The lowest BCUT2D eigenvalue weighted by Gasteiger charge is -2.32. The molecule has 4 heteroatoms. The summed E-state index contributed by atoms with van der Waals surface area (Å²) in [5.41, 5.74) is 3.78. The molecule has 0 radical (unpaired) electrons. The predicted molar refractivity (Wildman–Crippen MR) is 77.9 cm³/mol. The van der Waals surface area contributed by atoms with Crippen LogP contribution in [-0.2, 0) is 14.3 Å². The van der Waals surface area contributed by atoms with Crippen molar-refractivity contribution >= 4 is 11.5 Å². The highest BCUT2D eigenvalue weighted by atomic mass is 16.6. The Morgan fingerprint density at radius 3 is 2.86 bits per heavy atom. The number of benzene rings is 1. The first-order valence-electron chi connectivity index (χ1n) is 7.01. The number of methoxy groups -OCH3 is 1. The van der Waals surface area contributed by atoms with Gasteiger partial charge in [0.1, 0.15) is 0 Å². The van der Waals surface area contributed by atoms with E-state index in [9.17, 15) is 9.90 Å². The number of aryl methyl sites for hydroxylation is 1. The quantitative estimate of drug-likeness (QED) is 0.848. The summed E-state index contributed by atoms with van der Waals surface area (Å²) in [7, 11) is 1.36. The molecule has 1 aromatic rings. The maximum Gasteiger partial charge on any atom is 0.337 e. The second-order valence-electron chi connectivity index (χ2n) is 5.43. The summed E-state index contributed by atoms with van der Waals surface area (Å²) in [6.07, 6.45) is 3.20. The van der Waals surface area contributed by atoms with E-state index >= 15 is 0 Å². The molecule has 1 aromatic carbocycles. The average molecular weight is 286 g/mol. The Morgan fingerprint density at radius 2 is 2.14 bits per heavy atom. The minimum absolute atomic E-state index is 0.0872. The minimum Gasteiger partial charge on any atom is -0.471 e. The number of aliphatic hydroxyl groups is 1. The molecule has 110 valence electrons. The van der Waals surface area contributed by atoms with Crippen LogP contribution in [0.3, 0.4) is 0 Å². The molecule has 0 fully saturated rings. The van der Waals surface area contributed by atoms with Crippen LogP contribution in [0.25, 0.3) is 5.57 Å². The molecule has 21 heavy (non-hydrogen) atoms. The summed E-state index contributed by atoms with van der Waals surface area (Å²) in [6.45, 7) is 2.04. The van der Waals surface area contributed by atoms with Crippen molar-refractivity contribution in [3.63, 3.8) is 0 Å². The topological polar surface area (TPSA) is 55.8 Å². The molecule has 4 nitrogen and oxygen atoms in total. The van der Waals surface area contributed by atoms with Crippen LogP contribution < -0.4 is 0 Å². The number of fused-ring (bicyclic) bond motifs is 1. The summed E-state index contributed by atoms with van der Waals surface area (Å²) in [5, 5.41) is 10.2. The van der Waals surface area contributed by atoms with Gasteiger partial charge in [0.15, 0.2) is 0 Å². The zero-order valence-electron chi connectivity index (χ0n) is 12.1. The van der Waals surface area contributed by atoms with Crippen molar-refractivity contribution in [1.29, 1.82) is 0 Å². The second kappa shape index (κ2) is 5.37. The lowest BCUT2D eigenvalue weighted by atomic mass is 9.81. The van der Waals surface area contributed by atoms with E-state index in [1.165, 1.54) is 13.4 Å². The summed E-state index contributed by atoms with van der Waals surface area (Å²) in [5.74, 6) is -0.711. The lowest BCUT2D eigenvalue weighted by Crippen LogP contribution is -2.34. The molecule has 0 bridgehead atoms. The Balaban J connectivity index is 1.97. The highest BCUT2D eigenvalue weighted by molar-refractivity contribution is 5.90. The molecule has 1 aliphatic carbocycles. The number of rotatable bonds is 2. The maximum atomic E-state index is 11.9. The summed E-state index contributed by atoms with van der Waals surface area (Å²) >= 11 is 0. The van der Waals surface area contributed by atoms with Crippen molar-refractivity contribution in [2.24, 2.45) is 11.8 Å². The van der Waals surface area contributed by atoms with Crippen molar-refractivity contribution in [3.8, 4) is 0 Å². The van der Waals surface area contributed by atoms with Gasteiger partial charge >= 0.3 is 5.97 Å². The van der Waals surface area contributed by atoms with E-state index in [0.29, 0.717) is 12.0 Å². The van der Waals surface area contributed by atoms with Gasteiger partial charge in [0.25, 0.3) is 0 Å². The molecule has 0 saturated heterocycles. The Hall–Kier alpha value is -2.07. The second-order valence-corrected chi connectivity index (χ2v) is 5.43. The Labute approximate surface area is 123 Å². The number of carbonyl (C=O) groups is 1. The molecular weight excluding hydrogens is 268 g/mol. The monoisotopic (exact) mass is 286 g/mol. The number of allylic oxidation sites excluding steroid dienone is 1. The molecule has 2 aliphatic rings. The molecule has 0 aromatic heterocycles. The predicted octanol–water partition coefficient (Wildman–Crippen LogP) is 2.42. The Morgan fingerprint density at radius 1 is 1.38 bits per heavy atom. The van der Waals surface area contributed by atoms with Crippen LogP contribution in [0.15, 0.2) is 42.2 Å². The Kier molecular flexibility index (Phi) is 3.55. The van der Waals surface area contributed by atoms with Crippen molar-refractivity contribution in [2.45, 2.75) is 19.6 Å². The average Bonchev–Trinajstić information content (AvgIpc) is 2.93. The van der Waals surface area contributed by atoms with E-state index in [1.54, 1.807) is 0 Å². The highest BCUT2D eigenvalue weighted by Crippen LogP contribution is 2.47. The summed E-state index contributed by atoms with van der Waals surface area (Å²) in [4.78, 5) is 11.9. The normalized spacial score (nSPS) is 27.3. The first kappa shape index (κ1) is 13.9. The molecule has 3 atom stereocenters. The number of hydrogen-bond acceptors (Lipinski definition) is 4. The summed E-state index contributed by atoms with van der Waals surface area (Å²) in [6, 6.07) is 8.03. The SMILES string of the molecule is COC(=O)C1=COC(O)C2C(c3ccccc3C)=CCC12. The van der Waals surface area contributed by atoms with E-state index in [1.807, 2.05) is 31.2 Å². The largest absolute Gasteiger partial charge is 0.471 e. The van der Waals surface area contributed by atoms with Crippen molar-refractivity contribution in [2.75, 3.05) is 7.11 Å². The van der Waals surface area contributed by atoms with Gasteiger partial charge in [0, 0.05) is 5.92 Å². The van der Waals surface area contributed by atoms with Gasteiger partial charge in [-0.05, 0) is 30.0 Å². The zero-order valence-corrected chi connectivity index (χ0v) is 12.1. The molecule has 0 amide bonds. The van der Waals surface area contributed by atoms with Gasteiger partial charge in [0.05, 0.1) is 24.9 Å². The van der Waals surface area contributed by atoms with Crippen LogP contribution in [0.4, 0.5) is 0 Å². The third-order valence-electron chi connectivity index (χ3n) is 4.30. The van der Waals surface area contributed by atoms with Crippen LogP contribution in [0.1, 0.15) is 17.5 Å². The third kappa shape index (κ3) is 2.25. The van der Waals surface area contributed by atoms with E-state index in [2.05, 4.69) is 6.08 Å². The van der Waals surface area contributed by atoms with Crippen molar-refractivity contribution in [3.05, 3.63) is 53.3 Å². The number of aliphatic hydroxyl groups excluding tert-OH is 1. The van der Waals surface area contributed by atoms with Crippen molar-refractivity contribution in [1.82, 2.24) is 0 Å². The summed E-state index contributed by atoms with van der Waals surface area (Å²) < 4.78 is 10.1. The van der Waals surface area contributed by atoms with E-state index in [0.717, 1.165) is 16.7 Å². The number of hydrogen-bond donors (Lipinski definition) is 1. The molecule has 0 saturated carbocycles. The molecule has 3 rings (SSSR count). The maximum absolute atomic E-state index is 11.9. The van der Waals surface area contributed by atoms with Crippen LogP contribution in [0.2, 0.25) is 0 Å². The zero-order chi connectivity index (χ0) is 15.0. The molecule has 3 unspecified atom stereocenters. The van der Waals surface area contributed by atoms with Gasteiger partial charge in [-0.15, -0.1) is 0 Å². The van der Waals surface area contributed by atoms with Gasteiger partial charge in [-0.3, -0.25) is 0 Å². The third-order valence-corrected chi connectivity index (χ3v) is 4.30. The van der Waals surface area contributed by atoms with Crippen molar-refractivity contribution < 1.29 is 19.4 Å². The standard InChI is InChI=1S/C17H18O4/c1-10-5-3-4-6-11(10)12-7-8-13-14(16(18)20-2)9-21-17(19)15(12)13/h3-7,9,13,15,17,19H,8H2,1-2H3. The van der Waals surface area contributed by atoms with Crippen LogP contribution in [0, 0.1) is 18.8 Å². The van der Waals surface area contributed by atoms with Gasteiger partial charge in [-0.1, -0.05) is 30.3 Å². The van der Waals surface area contributed by atoms with Gasteiger partial charge in [0.2, 0.25) is 6.29 Å². The first-order valence-corrected chi connectivity index (χ1v) is 7.01. The molecule has 1 N–H and O–H groups in total. The Bertz CT molecular complexity index is 629. The molecular formula is C17H18O4. The molecule has 1 aliphatic heterocycles. The van der Waals surface area contributed by atoms with E-state index < -0.39 is 12.3 Å². The lowest BCUT2D eigenvalue weighted by molar-refractivity contribution is -0.140. The van der Waals surface area contributed by atoms with Gasteiger partial charge < -0.3 is 14.6 Å². The van der Waals surface area contributed by atoms with Gasteiger partial charge in [-0.2, -0.15) is 0 Å². The highest BCUT2D eigenvalue weighted by Gasteiger charge is 2.44. The fourth-order valence-corrected chi connectivity index (χ4v) is 3.24. The van der Waals surface area contributed by atoms with Crippen LogP contribution in [-0.4, -0.2) is 24.5 Å². The molecule has 1 heterocycles. The van der Waals surface area contributed by atoms with Crippen LogP contribution >= 0.6 is 0 Å². The first-order chi connectivity index (χ1) is 10.1. The number of esters is 1. The van der Waals surface area contributed by atoms with Gasteiger partial charge in [-0.25, -0.2) is 4.79 Å². The van der Waals surface area contributed by atoms with Crippen LogP contribution in [0.5, 0.6) is 0 Å². The fourth-order valence-electron chi connectivity index (χ4n) is 3.24.